The lowest BCUT2D eigenvalue weighted by Gasteiger charge is -2.16. The van der Waals surface area contributed by atoms with Gasteiger partial charge in [-0.15, -0.1) is 0 Å². The molecule has 6 heteroatoms. The zero-order valence-electron chi connectivity index (χ0n) is 13.2. The minimum atomic E-state index is -0.315. The van der Waals surface area contributed by atoms with Crippen LogP contribution >= 0.6 is 11.6 Å². The van der Waals surface area contributed by atoms with Crippen LogP contribution in [0.15, 0.2) is 42.5 Å². The van der Waals surface area contributed by atoms with E-state index in [0.29, 0.717) is 22.2 Å². The molecule has 0 bridgehead atoms. The molecule has 1 atom stereocenters. The molecule has 0 spiro atoms. The third-order valence-electron chi connectivity index (χ3n) is 3.34. The lowest BCUT2D eigenvalue weighted by molar-refractivity contribution is 0.249. The van der Waals surface area contributed by atoms with Crippen LogP contribution in [0.3, 0.4) is 0 Å². The predicted molar refractivity (Wildman–Crippen MR) is 91.6 cm³/mol. The fourth-order valence-corrected chi connectivity index (χ4v) is 2.34. The third-order valence-corrected chi connectivity index (χ3v) is 3.57. The molecule has 0 saturated carbocycles. The lowest BCUT2D eigenvalue weighted by atomic mass is 10.1. The first kappa shape index (κ1) is 17.0. The average molecular weight is 335 g/mol. The van der Waals surface area contributed by atoms with Gasteiger partial charge in [-0.3, -0.25) is 0 Å². The first-order valence-corrected chi connectivity index (χ1v) is 7.46. The zero-order chi connectivity index (χ0) is 16.8. The minimum absolute atomic E-state index is 0.172. The van der Waals surface area contributed by atoms with Gasteiger partial charge in [0.15, 0.2) is 11.5 Å². The summed E-state index contributed by atoms with van der Waals surface area (Å²) in [4.78, 5) is 12.1. The molecule has 122 valence electrons. The van der Waals surface area contributed by atoms with Crippen molar-refractivity contribution in [3.05, 3.63) is 53.1 Å². The van der Waals surface area contributed by atoms with E-state index in [1.165, 1.54) is 0 Å². The molecule has 5 nitrogen and oxygen atoms in total. The van der Waals surface area contributed by atoms with E-state index in [-0.39, 0.29) is 12.1 Å². The normalized spacial score (nSPS) is 11.5. The molecule has 0 unspecified atom stereocenters. The van der Waals surface area contributed by atoms with Gasteiger partial charge in [0.25, 0.3) is 0 Å². The Labute approximate surface area is 140 Å². The summed E-state index contributed by atoms with van der Waals surface area (Å²) < 4.78 is 10.4. The summed E-state index contributed by atoms with van der Waals surface area (Å²) in [5.41, 5.74) is 1.54. The Morgan fingerprint density at radius 1 is 1.09 bits per heavy atom. The zero-order valence-corrected chi connectivity index (χ0v) is 14.0. The number of nitrogens with one attached hydrogen (secondary N) is 2. The topological polar surface area (TPSA) is 59.6 Å². The third kappa shape index (κ3) is 4.53. The van der Waals surface area contributed by atoms with Gasteiger partial charge >= 0.3 is 6.03 Å². The molecule has 0 aliphatic carbocycles. The van der Waals surface area contributed by atoms with Gasteiger partial charge in [-0.05, 0) is 36.8 Å². The van der Waals surface area contributed by atoms with Gasteiger partial charge in [-0.25, -0.2) is 4.79 Å². The molecular formula is C17H19ClN2O3. The standard InChI is InChI=1S/C17H19ClN2O3/c1-11(12-5-4-6-13(18)9-12)19-17(21)20-14-7-8-15(22-2)16(10-14)23-3/h4-11H,1-3H3,(H2,19,20,21)/t11-/m1/s1. The minimum Gasteiger partial charge on any atom is -0.493 e. The molecule has 2 aromatic carbocycles. The maximum atomic E-state index is 12.1. The first-order chi connectivity index (χ1) is 11.0. The molecule has 0 aliphatic heterocycles. The van der Waals surface area contributed by atoms with E-state index in [9.17, 15) is 4.79 Å². The van der Waals surface area contributed by atoms with E-state index in [0.717, 1.165) is 5.56 Å². The number of halogens is 1. The molecule has 0 fully saturated rings. The largest absolute Gasteiger partial charge is 0.493 e. The number of methoxy groups -OCH3 is 2. The van der Waals surface area contributed by atoms with Crippen LogP contribution in [0.2, 0.25) is 5.02 Å². The molecule has 0 saturated heterocycles. The molecule has 0 radical (unpaired) electrons. The van der Waals surface area contributed by atoms with Crippen molar-refractivity contribution in [1.82, 2.24) is 5.32 Å². The van der Waals surface area contributed by atoms with Crippen molar-refractivity contribution in [3.63, 3.8) is 0 Å². The number of rotatable bonds is 5. The molecule has 0 heterocycles. The van der Waals surface area contributed by atoms with E-state index in [4.69, 9.17) is 21.1 Å². The van der Waals surface area contributed by atoms with Crippen molar-refractivity contribution in [1.29, 1.82) is 0 Å². The number of carbonyl (C=O) groups is 1. The number of urea groups is 1. The Kier molecular flexibility index (Phi) is 5.71. The van der Waals surface area contributed by atoms with Gasteiger partial charge in [-0.1, -0.05) is 23.7 Å². The maximum absolute atomic E-state index is 12.1. The Balaban J connectivity index is 2.02. The highest BCUT2D eigenvalue weighted by Crippen LogP contribution is 2.29. The molecule has 0 aromatic heterocycles. The molecule has 2 aromatic rings. The fourth-order valence-electron chi connectivity index (χ4n) is 2.14. The summed E-state index contributed by atoms with van der Waals surface area (Å²) in [6.07, 6.45) is 0. The van der Waals surface area contributed by atoms with E-state index < -0.39 is 0 Å². The Morgan fingerprint density at radius 2 is 1.83 bits per heavy atom. The Morgan fingerprint density at radius 3 is 2.48 bits per heavy atom. The molecule has 2 rings (SSSR count). The summed E-state index contributed by atoms with van der Waals surface area (Å²) in [5.74, 6) is 1.15. The predicted octanol–water partition coefficient (Wildman–Crippen LogP) is 4.24. The number of hydrogen-bond acceptors (Lipinski definition) is 3. The van der Waals surface area contributed by atoms with Crippen LogP contribution < -0.4 is 20.1 Å². The van der Waals surface area contributed by atoms with Crippen LogP contribution in [0, 0.1) is 0 Å². The highest BCUT2D eigenvalue weighted by atomic mass is 35.5. The highest BCUT2D eigenvalue weighted by Gasteiger charge is 2.11. The molecule has 2 N–H and O–H groups in total. The average Bonchev–Trinajstić information content (AvgIpc) is 2.54. The second kappa shape index (κ2) is 7.74. The van der Waals surface area contributed by atoms with Gasteiger partial charge in [0.1, 0.15) is 0 Å². The summed E-state index contributed by atoms with van der Waals surface area (Å²) >= 11 is 5.96. The Bertz CT molecular complexity index is 691. The number of anilines is 1. The van der Waals surface area contributed by atoms with Gasteiger partial charge < -0.3 is 20.1 Å². The van der Waals surface area contributed by atoms with Crippen molar-refractivity contribution in [2.45, 2.75) is 13.0 Å². The molecule has 2 amide bonds. The van der Waals surface area contributed by atoms with Crippen LogP contribution in [0.25, 0.3) is 0 Å². The van der Waals surface area contributed by atoms with E-state index in [2.05, 4.69) is 10.6 Å². The quantitative estimate of drug-likeness (QED) is 0.859. The number of amides is 2. The van der Waals surface area contributed by atoms with Crippen LogP contribution in [0.4, 0.5) is 10.5 Å². The number of carbonyl (C=O) groups excluding carboxylic acids is 1. The lowest BCUT2D eigenvalue weighted by Crippen LogP contribution is -2.31. The maximum Gasteiger partial charge on any atom is 0.319 e. The molecule has 0 aliphatic rings. The first-order valence-electron chi connectivity index (χ1n) is 7.08. The van der Waals surface area contributed by atoms with Gasteiger partial charge in [0.05, 0.1) is 20.3 Å². The summed E-state index contributed by atoms with van der Waals surface area (Å²) in [7, 11) is 3.10. The van der Waals surface area contributed by atoms with Crippen LogP contribution in [0.5, 0.6) is 11.5 Å². The van der Waals surface area contributed by atoms with Gasteiger partial charge in [-0.2, -0.15) is 0 Å². The monoisotopic (exact) mass is 334 g/mol. The van der Waals surface area contributed by atoms with E-state index in [1.807, 2.05) is 25.1 Å². The van der Waals surface area contributed by atoms with Crippen LogP contribution in [-0.4, -0.2) is 20.3 Å². The van der Waals surface area contributed by atoms with Gasteiger partial charge in [0, 0.05) is 16.8 Å². The fraction of sp³-hybridized carbons (Fsp3) is 0.235. The Hall–Kier alpha value is -2.40. The SMILES string of the molecule is COc1ccc(NC(=O)N[C@H](C)c2cccc(Cl)c2)cc1OC. The van der Waals surface area contributed by atoms with E-state index >= 15 is 0 Å². The van der Waals surface area contributed by atoms with Crippen LogP contribution in [0.1, 0.15) is 18.5 Å². The van der Waals surface area contributed by atoms with Crippen LogP contribution in [-0.2, 0) is 0 Å². The summed E-state index contributed by atoms with van der Waals surface area (Å²) in [6.45, 7) is 1.89. The molecule has 23 heavy (non-hydrogen) atoms. The second-order valence-corrected chi connectivity index (χ2v) is 5.38. The molecular weight excluding hydrogens is 316 g/mol. The number of hydrogen-bond donors (Lipinski definition) is 2. The second-order valence-electron chi connectivity index (χ2n) is 4.94. The van der Waals surface area contributed by atoms with Crippen molar-refractivity contribution < 1.29 is 14.3 Å². The summed E-state index contributed by atoms with van der Waals surface area (Å²) in [6, 6.07) is 12.1. The number of benzene rings is 2. The van der Waals surface area contributed by atoms with Crippen molar-refractivity contribution in [3.8, 4) is 11.5 Å². The van der Waals surface area contributed by atoms with E-state index in [1.54, 1.807) is 38.5 Å². The van der Waals surface area contributed by atoms with Crippen molar-refractivity contribution >= 4 is 23.3 Å². The van der Waals surface area contributed by atoms with Gasteiger partial charge in [0.2, 0.25) is 0 Å². The highest BCUT2D eigenvalue weighted by molar-refractivity contribution is 6.30. The number of ether oxygens (including phenoxy) is 2. The summed E-state index contributed by atoms with van der Waals surface area (Å²) in [5, 5.41) is 6.26. The van der Waals surface area contributed by atoms with Crippen molar-refractivity contribution in [2.24, 2.45) is 0 Å². The smallest absolute Gasteiger partial charge is 0.319 e. The van der Waals surface area contributed by atoms with Crippen molar-refractivity contribution in [2.75, 3.05) is 19.5 Å².